The fourth-order valence-electron chi connectivity index (χ4n) is 2.54. The number of aromatic nitrogens is 2. The van der Waals surface area contributed by atoms with Gasteiger partial charge in [-0.05, 0) is 36.2 Å². The van der Waals surface area contributed by atoms with Gasteiger partial charge in [-0.25, -0.2) is 4.68 Å². The number of amides is 1. The summed E-state index contributed by atoms with van der Waals surface area (Å²) in [6.07, 6.45) is 2.28. The Morgan fingerprint density at radius 3 is 2.70 bits per heavy atom. The second-order valence-corrected chi connectivity index (χ2v) is 5.78. The van der Waals surface area contributed by atoms with Crippen molar-refractivity contribution in [3.63, 3.8) is 0 Å². The van der Waals surface area contributed by atoms with Crippen LogP contribution in [0.5, 0.6) is 5.75 Å². The molecule has 0 aliphatic rings. The van der Waals surface area contributed by atoms with Crippen molar-refractivity contribution in [1.29, 1.82) is 0 Å². The van der Waals surface area contributed by atoms with Gasteiger partial charge in [0.05, 0.1) is 17.7 Å². The van der Waals surface area contributed by atoms with Crippen LogP contribution in [0.4, 0.5) is 5.69 Å². The van der Waals surface area contributed by atoms with Gasteiger partial charge in [0.1, 0.15) is 5.75 Å². The molecule has 0 atom stereocenters. The number of non-ortho nitro benzene ring substituents is 1. The summed E-state index contributed by atoms with van der Waals surface area (Å²) in [6, 6.07) is 15.3. The monoisotopic (exact) mass is 366 g/mol. The molecular weight excluding hydrogens is 348 g/mol. The van der Waals surface area contributed by atoms with Gasteiger partial charge in [-0.2, -0.15) is 5.10 Å². The lowest BCUT2D eigenvalue weighted by atomic mass is 10.1. The van der Waals surface area contributed by atoms with Gasteiger partial charge in [-0.1, -0.05) is 18.2 Å². The molecule has 27 heavy (non-hydrogen) atoms. The zero-order chi connectivity index (χ0) is 19.2. The smallest absolute Gasteiger partial charge is 0.271 e. The van der Waals surface area contributed by atoms with E-state index in [1.165, 1.54) is 16.8 Å². The third-order valence-electron chi connectivity index (χ3n) is 3.99. The van der Waals surface area contributed by atoms with E-state index in [1.807, 2.05) is 24.3 Å². The van der Waals surface area contributed by atoms with Gasteiger partial charge >= 0.3 is 0 Å². The van der Waals surface area contributed by atoms with Crippen molar-refractivity contribution in [3.8, 4) is 11.4 Å². The number of rotatable bonds is 7. The maximum Gasteiger partial charge on any atom is 0.271 e. The summed E-state index contributed by atoms with van der Waals surface area (Å²) in [4.78, 5) is 22.6. The summed E-state index contributed by atoms with van der Waals surface area (Å²) >= 11 is 0. The largest absolute Gasteiger partial charge is 0.497 e. The molecule has 8 heteroatoms. The van der Waals surface area contributed by atoms with Crippen LogP contribution in [0.2, 0.25) is 0 Å². The minimum atomic E-state index is -0.472. The van der Waals surface area contributed by atoms with Crippen LogP contribution in [0.3, 0.4) is 0 Å². The minimum absolute atomic E-state index is 0.0338. The number of carbonyl (C=O) groups excluding carboxylic acids is 1. The summed E-state index contributed by atoms with van der Waals surface area (Å²) in [5.74, 6) is 0.488. The lowest BCUT2D eigenvalue weighted by Crippen LogP contribution is -2.26. The molecule has 0 saturated carbocycles. The molecule has 0 aliphatic carbocycles. The van der Waals surface area contributed by atoms with Crippen LogP contribution in [0, 0.1) is 10.1 Å². The van der Waals surface area contributed by atoms with Gasteiger partial charge in [0, 0.05) is 24.9 Å². The van der Waals surface area contributed by atoms with Crippen LogP contribution < -0.4 is 10.1 Å². The molecule has 1 N–H and O–H groups in total. The number of nitrogens with zero attached hydrogens (tertiary/aromatic N) is 3. The number of carbonyl (C=O) groups is 1. The Labute approximate surface area is 155 Å². The average Bonchev–Trinajstić information content (AvgIpc) is 3.19. The van der Waals surface area contributed by atoms with E-state index < -0.39 is 4.92 Å². The molecule has 0 radical (unpaired) electrons. The van der Waals surface area contributed by atoms with Gasteiger partial charge < -0.3 is 10.1 Å². The van der Waals surface area contributed by atoms with Gasteiger partial charge in [-0.15, -0.1) is 0 Å². The van der Waals surface area contributed by atoms with Crippen LogP contribution in [-0.2, 0) is 6.42 Å². The molecule has 3 rings (SSSR count). The van der Waals surface area contributed by atoms with Crippen molar-refractivity contribution < 1.29 is 14.5 Å². The van der Waals surface area contributed by atoms with Crippen molar-refractivity contribution in [3.05, 3.63) is 82.2 Å². The molecule has 1 heterocycles. The number of nitro groups is 1. The second kappa shape index (κ2) is 8.13. The Morgan fingerprint density at radius 2 is 2.00 bits per heavy atom. The van der Waals surface area contributed by atoms with E-state index in [1.54, 1.807) is 31.5 Å². The maximum absolute atomic E-state index is 12.2. The normalized spacial score (nSPS) is 10.4. The first-order valence-electron chi connectivity index (χ1n) is 8.28. The summed E-state index contributed by atoms with van der Waals surface area (Å²) in [5.41, 5.74) is 1.81. The number of nitrogens with one attached hydrogen (secondary N) is 1. The summed E-state index contributed by atoms with van der Waals surface area (Å²) < 4.78 is 6.55. The Kier molecular flexibility index (Phi) is 5.46. The van der Waals surface area contributed by atoms with Crippen LogP contribution in [0.1, 0.15) is 16.1 Å². The zero-order valence-corrected chi connectivity index (χ0v) is 14.7. The molecule has 2 aromatic carbocycles. The molecule has 0 fully saturated rings. The molecule has 138 valence electrons. The number of hydrogen-bond acceptors (Lipinski definition) is 5. The highest BCUT2D eigenvalue weighted by molar-refractivity contribution is 5.92. The fourth-order valence-corrected chi connectivity index (χ4v) is 2.54. The third kappa shape index (κ3) is 4.49. The molecule has 1 aromatic heterocycles. The average molecular weight is 366 g/mol. The molecule has 3 aromatic rings. The Bertz CT molecular complexity index is 950. The van der Waals surface area contributed by atoms with Crippen molar-refractivity contribution >= 4 is 11.6 Å². The molecule has 0 bridgehead atoms. The molecule has 0 aliphatic heterocycles. The quantitative estimate of drug-likeness (QED) is 0.512. The Hall–Kier alpha value is -3.68. The topological polar surface area (TPSA) is 99.3 Å². The number of nitro benzene ring substituents is 1. The predicted octanol–water partition coefficient (Wildman–Crippen LogP) is 2.76. The Morgan fingerprint density at radius 1 is 1.22 bits per heavy atom. The summed E-state index contributed by atoms with van der Waals surface area (Å²) in [7, 11) is 1.61. The first-order chi connectivity index (χ1) is 13.1. The standard InChI is InChI=1S/C19H18N4O4/c1-27-17-7-5-14(6-8-17)9-11-20-19(24)18-10-12-22(21-18)15-3-2-4-16(13-15)23(25)26/h2-8,10,12-13H,9,11H2,1H3,(H,20,24). The van der Waals surface area contributed by atoms with Crippen LogP contribution in [0.25, 0.3) is 5.69 Å². The first kappa shape index (κ1) is 18.1. The molecule has 0 saturated heterocycles. The van der Waals surface area contributed by atoms with Gasteiger partial charge in [0.2, 0.25) is 0 Å². The van der Waals surface area contributed by atoms with Gasteiger partial charge in [0.25, 0.3) is 11.6 Å². The van der Waals surface area contributed by atoms with E-state index in [2.05, 4.69) is 10.4 Å². The number of hydrogen-bond donors (Lipinski definition) is 1. The van der Waals surface area contributed by atoms with Crippen molar-refractivity contribution in [2.45, 2.75) is 6.42 Å². The molecule has 8 nitrogen and oxygen atoms in total. The van der Waals surface area contributed by atoms with Gasteiger partial charge in [-0.3, -0.25) is 14.9 Å². The molecule has 0 spiro atoms. The van der Waals surface area contributed by atoms with Crippen LogP contribution >= 0.6 is 0 Å². The number of ether oxygens (including phenoxy) is 1. The van der Waals surface area contributed by atoms with E-state index in [0.29, 0.717) is 18.7 Å². The van der Waals surface area contributed by atoms with Crippen LogP contribution in [-0.4, -0.2) is 34.3 Å². The highest BCUT2D eigenvalue weighted by Gasteiger charge is 2.12. The summed E-state index contributed by atoms with van der Waals surface area (Å²) in [5, 5.41) is 17.9. The molecule has 0 unspecified atom stereocenters. The number of methoxy groups -OCH3 is 1. The highest BCUT2D eigenvalue weighted by atomic mass is 16.6. The van der Waals surface area contributed by atoms with Gasteiger partial charge in [0.15, 0.2) is 5.69 Å². The first-order valence-corrected chi connectivity index (χ1v) is 8.28. The lowest BCUT2D eigenvalue weighted by Gasteiger charge is -2.05. The second-order valence-electron chi connectivity index (χ2n) is 5.78. The SMILES string of the molecule is COc1ccc(CCNC(=O)c2ccn(-c3cccc([N+](=O)[O-])c3)n2)cc1. The molecule has 1 amide bonds. The lowest BCUT2D eigenvalue weighted by molar-refractivity contribution is -0.384. The van der Waals surface area contributed by atoms with Crippen molar-refractivity contribution in [1.82, 2.24) is 15.1 Å². The number of benzene rings is 2. The maximum atomic E-state index is 12.2. The zero-order valence-electron chi connectivity index (χ0n) is 14.7. The van der Waals surface area contributed by atoms with E-state index >= 15 is 0 Å². The van der Waals surface area contributed by atoms with E-state index in [0.717, 1.165) is 11.3 Å². The molecular formula is C19H18N4O4. The Balaban J connectivity index is 1.59. The summed E-state index contributed by atoms with van der Waals surface area (Å²) in [6.45, 7) is 0.467. The van der Waals surface area contributed by atoms with E-state index in [9.17, 15) is 14.9 Å². The predicted molar refractivity (Wildman–Crippen MR) is 99.2 cm³/mol. The highest BCUT2D eigenvalue weighted by Crippen LogP contribution is 2.16. The van der Waals surface area contributed by atoms with Crippen molar-refractivity contribution in [2.24, 2.45) is 0 Å². The fraction of sp³-hybridized carbons (Fsp3) is 0.158. The van der Waals surface area contributed by atoms with Crippen molar-refractivity contribution in [2.75, 3.05) is 13.7 Å². The minimum Gasteiger partial charge on any atom is -0.497 e. The van der Waals surface area contributed by atoms with E-state index in [4.69, 9.17) is 4.74 Å². The van der Waals surface area contributed by atoms with Crippen LogP contribution in [0.15, 0.2) is 60.8 Å². The van der Waals surface area contributed by atoms with E-state index in [-0.39, 0.29) is 17.3 Å². The third-order valence-corrected chi connectivity index (χ3v) is 3.99.